The second-order valence-corrected chi connectivity index (χ2v) is 53.4. The summed E-state index contributed by atoms with van der Waals surface area (Å²) in [6.07, 6.45) is 34.4. The van der Waals surface area contributed by atoms with Gasteiger partial charge >= 0.3 is 0 Å². The van der Waals surface area contributed by atoms with Gasteiger partial charge in [0.05, 0.1) is 51.5 Å². The van der Waals surface area contributed by atoms with Crippen molar-refractivity contribution in [2.75, 3.05) is 0 Å². The summed E-state index contributed by atoms with van der Waals surface area (Å²) in [5.41, 5.74) is 21.7. The highest BCUT2D eigenvalue weighted by molar-refractivity contribution is 6.91. The lowest BCUT2D eigenvalue weighted by Gasteiger charge is -2.31. The summed E-state index contributed by atoms with van der Waals surface area (Å²) < 4.78 is 7.07. The van der Waals surface area contributed by atoms with Crippen molar-refractivity contribution in [2.24, 2.45) is 37.4 Å². The summed E-state index contributed by atoms with van der Waals surface area (Å²) >= 11 is 0. The van der Waals surface area contributed by atoms with E-state index < -0.39 is 24.2 Å². The number of aromatic nitrogens is 3. The summed E-state index contributed by atoms with van der Waals surface area (Å²) in [5, 5.41) is 13.1. The Hall–Kier alpha value is -5.80. The molecule has 4 saturated carbocycles. The van der Waals surface area contributed by atoms with Gasteiger partial charge in [-0.05, 0) is 234 Å². The van der Waals surface area contributed by atoms with Crippen LogP contribution >= 0.6 is 0 Å². The number of hydrogen-bond donors (Lipinski definition) is 0. The van der Waals surface area contributed by atoms with Gasteiger partial charge in [0.2, 0.25) is 17.1 Å². The largest absolute Gasteiger partial charge is 0.220 e. The molecule has 4 aliphatic carbocycles. The number of aryl methyl sites for hydroxylation is 5. The van der Waals surface area contributed by atoms with E-state index in [1.165, 1.54) is 240 Å². The highest BCUT2D eigenvalue weighted by atomic mass is 28.3. The average Bonchev–Trinajstić information content (AvgIpc) is 0.765. The molecule has 3 aromatic heterocycles. The van der Waals surface area contributed by atoms with Crippen LogP contribution in [0.15, 0.2) is 134 Å². The molecule has 0 amide bonds. The maximum absolute atomic E-state index is 2.66. The van der Waals surface area contributed by atoms with Crippen molar-refractivity contribution >= 4 is 72.1 Å². The predicted molar refractivity (Wildman–Crippen MR) is 458 cm³/mol. The average molecular weight is 1430 g/mol. The fraction of sp³-hybridized carbons (Fsp3) is 0.536. The van der Waals surface area contributed by atoms with Gasteiger partial charge in [-0.2, -0.15) is 0 Å². The monoisotopic (exact) mass is 1430 g/mol. The molecule has 3 heterocycles. The zero-order valence-corrected chi connectivity index (χ0v) is 72.1. The fourth-order valence-electron chi connectivity index (χ4n) is 20.6. The zero-order chi connectivity index (χ0) is 74.1. The smallest absolute Gasteiger partial charge is 0.200 e. The van der Waals surface area contributed by atoms with Gasteiger partial charge in [0.15, 0.2) is 18.6 Å². The first kappa shape index (κ1) is 78.3. The second-order valence-electron chi connectivity index (χ2n) is 39.3. The highest BCUT2D eigenvalue weighted by Crippen LogP contribution is 2.45. The normalized spacial score (nSPS) is 16.8. The van der Waals surface area contributed by atoms with Crippen LogP contribution in [0.25, 0.3) is 66.1 Å². The van der Waals surface area contributed by atoms with E-state index in [1.54, 1.807) is 32.3 Å². The summed E-state index contributed by atoms with van der Waals surface area (Å²) in [4.78, 5) is 0. The second kappa shape index (κ2) is 31.9. The van der Waals surface area contributed by atoms with Crippen LogP contribution in [-0.4, -0.2) is 24.2 Å². The lowest BCUT2D eigenvalue weighted by atomic mass is 9.76. The van der Waals surface area contributed by atoms with Gasteiger partial charge in [-0.1, -0.05) is 255 Å². The molecule has 0 saturated heterocycles. The van der Waals surface area contributed by atoms with Gasteiger partial charge in [0.1, 0.15) is 21.1 Å². The Balaban J connectivity index is 0.000000156. The Labute approximate surface area is 630 Å². The molecule has 3 nitrogen and oxygen atoms in total. The van der Waals surface area contributed by atoms with E-state index in [0.29, 0.717) is 16.2 Å². The van der Waals surface area contributed by atoms with Crippen molar-refractivity contribution in [3.05, 3.63) is 178 Å². The Kier molecular flexibility index (Phi) is 24.3. The van der Waals surface area contributed by atoms with Crippen molar-refractivity contribution < 1.29 is 13.7 Å². The van der Waals surface area contributed by atoms with Crippen LogP contribution in [-0.2, 0) is 21.1 Å². The van der Waals surface area contributed by atoms with Crippen molar-refractivity contribution in [2.45, 2.75) is 300 Å². The number of hydrogen-bond acceptors (Lipinski definition) is 0. The lowest BCUT2D eigenvalue weighted by Crippen LogP contribution is -2.44. The van der Waals surface area contributed by atoms with Crippen LogP contribution in [0.1, 0.15) is 259 Å². The van der Waals surface area contributed by atoms with E-state index in [4.69, 9.17) is 0 Å². The van der Waals surface area contributed by atoms with Crippen molar-refractivity contribution in [3.63, 3.8) is 0 Å². The number of benzene rings is 6. The first-order valence-corrected chi connectivity index (χ1v) is 50.8. The highest BCUT2D eigenvalue weighted by Gasteiger charge is 2.35. The molecule has 550 valence electrons. The van der Waals surface area contributed by atoms with Crippen LogP contribution in [0.2, 0.25) is 57.4 Å². The Morgan fingerprint density at radius 2 is 0.621 bits per heavy atom. The van der Waals surface area contributed by atoms with E-state index >= 15 is 0 Å². The SMILES string of the molecule is Cc1c(-c2c3ccc([Si](C)(C)CC(C)(C)C)cc3cc[n+]2C)cc(C2CCCCC2)cc1C1CCCCC1.Cc1cc(C2CCCCC2)cc(-c2c3ccc([Si](C)(C)CC(C)(C)C)cc3cc[n+]2C)c1C.Cc1ccc(C2CCCCC2)cc1-c1c2ccc([Si](C)(C)CC(C)(C)C)cc2cc[n+]1C. The number of pyridine rings is 3. The van der Waals surface area contributed by atoms with Crippen LogP contribution < -0.4 is 29.3 Å². The molecule has 13 rings (SSSR count). The first-order valence-electron chi connectivity index (χ1n) is 41.2. The molecule has 4 fully saturated rings. The van der Waals surface area contributed by atoms with Crippen molar-refractivity contribution in [3.8, 4) is 33.8 Å². The van der Waals surface area contributed by atoms with Gasteiger partial charge in [-0.3, -0.25) is 0 Å². The first-order chi connectivity index (χ1) is 48.5. The van der Waals surface area contributed by atoms with E-state index in [-0.39, 0.29) is 0 Å². The molecule has 0 N–H and O–H groups in total. The molecule has 0 spiro atoms. The molecule has 6 heteroatoms. The van der Waals surface area contributed by atoms with Crippen molar-refractivity contribution in [1.82, 2.24) is 0 Å². The molecule has 0 radical (unpaired) electrons. The lowest BCUT2D eigenvalue weighted by molar-refractivity contribution is -0.659. The molecule has 9 aromatic rings. The quantitative estimate of drug-likeness (QED) is 0.0805. The number of rotatable bonds is 13. The van der Waals surface area contributed by atoms with Crippen LogP contribution in [0.3, 0.4) is 0 Å². The Morgan fingerprint density at radius 1 is 0.311 bits per heavy atom. The molecular weight excluding hydrogens is 1290 g/mol. The van der Waals surface area contributed by atoms with Gasteiger partial charge < -0.3 is 0 Å². The topological polar surface area (TPSA) is 11.6 Å². The van der Waals surface area contributed by atoms with Crippen LogP contribution in [0, 0.1) is 43.9 Å². The Morgan fingerprint density at radius 3 is 0.981 bits per heavy atom. The van der Waals surface area contributed by atoms with E-state index in [0.717, 1.165) is 23.7 Å². The van der Waals surface area contributed by atoms with E-state index in [2.05, 4.69) is 298 Å². The Bertz CT molecular complexity index is 4460. The minimum Gasteiger partial charge on any atom is -0.200 e. The summed E-state index contributed by atoms with van der Waals surface area (Å²) in [6, 6.07) is 50.6. The minimum atomic E-state index is -1.52. The molecule has 0 bridgehead atoms. The van der Waals surface area contributed by atoms with Crippen LogP contribution in [0.4, 0.5) is 0 Å². The van der Waals surface area contributed by atoms with Gasteiger partial charge in [-0.15, -0.1) is 0 Å². The predicted octanol–water partition coefficient (Wildman–Crippen LogP) is 25.3. The number of fused-ring (bicyclic) bond motifs is 3. The van der Waals surface area contributed by atoms with Crippen molar-refractivity contribution in [1.29, 1.82) is 0 Å². The zero-order valence-electron chi connectivity index (χ0n) is 69.1. The minimum absolute atomic E-state index is 0.366. The standard InChI is InChI=1S/C36H52NSi.C31H44NSi.C30H42NSi/c1-26-33(28-16-12-9-13-17-28)23-30(27-14-10-8-11-15-27)24-34(26)35-32-19-18-31(22-29(32)20-21-37(35)5)38(6,7)25-36(2,3)4;1-22-18-26(24-12-10-9-11-13-24)20-29(23(22)2)30-28-15-14-27(19-25(28)16-17-32(30)6)33(7,8)21-31(3,4)5;1-22-13-14-24(23-11-9-8-10-12-23)20-28(22)29-27-16-15-26(19-25(27)17-18-31(29)5)32(6,7)21-30(2,3)4/h18-24,27-28H,8-17,25H2,1-7H3;14-20,24H,9-13,21H2,1-8H3;13-20,23H,8-12,21H2,1-7H3/q3*+1. The van der Waals surface area contributed by atoms with E-state index in [1.807, 2.05) is 0 Å². The van der Waals surface area contributed by atoms with Crippen LogP contribution in [0.5, 0.6) is 0 Å². The molecule has 0 unspecified atom stereocenters. The summed E-state index contributed by atoms with van der Waals surface area (Å²) in [5.74, 6) is 2.94. The maximum atomic E-state index is 2.66. The molecule has 4 aliphatic rings. The van der Waals surface area contributed by atoms with Gasteiger partial charge in [0, 0.05) is 23.8 Å². The third-order valence-electron chi connectivity index (χ3n) is 25.1. The maximum Gasteiger partial charge on any atom is 0.220 e. The molecular formula is C97H138N3Si3+3. The molecule has 103 heavy (non-hydrogen) atoms. The van der Waals surface area contributed by atoms with E-state index in [9.17, 15) is 0 Å². The molecule has 0 atom stereocenters. The summed E-state index contributed by atoms with van der Waals surface area (Å²) in [7, 11) is 2.16. The fourth-order valence-corrected chi connectivity index (χ4v) is 32.4. The third-order valence-corrected chi connectivity index (χ3v) is 36.6. The van der Waals surface area contributed by atoms with Gasteiger partial charge in [-0.25, -0.2) is 13.7 Å². The summed E-state index contributed by atoms with van der Waals surface area (Å²) in [6.45, 7) is 46.0. The third kappa shape index (κ3) is 18.8. The molecule has 6 aromatic carbocycles. The number of nitrogens with zero attached hydrogens (tertiary/aromatic N) is 3. The van der Waals surface area contributed by atoms with Gasteiger partial charge in [0.25, 0.3) is 0 Å². The molecule has 0 aliphatic heterocycles.